The van der Waals surface area contributed by atoms with Crippen molar-refractivity contribution in [2.45, 2.75) is 19.8 Å². The van der Waals surface area contributed by atoms with E-state index >= 15 is 0 Å². The highest BCUT2D eigenvalue weighted by molar-refractivity contribution is 9.10. The number of hydrogen-bond acceptors (Lipinski definition) is 3. The van der Waals surface area contributed by atoms with Gasteiger partial charge in [-0.2, -0.15) is 0 Å². The molecule has 0 unspecified atom stereocenters. The molecule has 1 amide bonds. The first-order chi connectivity index (χ1) is 12.3. The lowest BCUT2D eigenvalue weighted by molar-refractivity contribution is 0.0697. The summed E-state index contributed by atoms with van der Waals surface area (Å²) in [5.41, 5.74) is 2.08. The van der Waals surface area contributed by atoms with Crippen LogP contribution in [0.15, 0.2) is 40.9 Å². The molecule has 0 spiro atoms. The Morgan fingerprint density at radius 3 is 2.54 bits per heavy atom. The molecule has 136 valence electrons. The zero-order chi connectivity index (χ0) is 19.3. The second kappa shape index (κ2) is 9.12. The Morgan fingerprint density at radius 1 is 1.23 bits per heavy atom. The van der Waals surface area contributed by atoms with Crippen molar-refractivity contribution in [3.05, 3.63) is 62.6 Å². The fraction of sp³-hybridized carbons (Fsp3) is 0.167. The molecule has 0 aliphatic rings. The molecule has 0 saturated carbocycles. The minimum atomic E-state index is -1.12. The Morgan fingerprint density at radius 2 is 1.96 bits per heavy atom. The number of hydrogen-bond donors (Lipinski definition) is 3. The van der Waals surface area contributed by atoms with Gasteiger partial charge >= 0.3 is 5.97 Å². The first-order valence-corrected chi connectivity index (χ1v) is 9.33. The van der Waals surface area contributed by atoms with Crippen LogP contribution in [0.4, 0.5) is 5.69 Å². The normalized spacial score (nSPS) is 10.3. The summed E-state index contributed by atoms with van der Waals surface area (Å²) in [6, 6.07) is 9.71. The van der Waals surface area contributed by atoms with Crippen LogP contribution >= 0.6 is 39.7 Å². The van der Waals surface area contributed by atoms with E-state index in [0.29, 0.717) is 11.3 Å². The standard InChI is InChI=1S/C18H16BrClN2O3S/c1-2-3-10-4-5-11(8-14(10)19)16(23)22-18(26)21-12-6-7-13(17(24)25)15(20)9-12/h4-9H,2-3H2,1H3,(H,24,25)(H2,21,22,23,26). The minimum Gasteiger partial charge on any atom is -0.478 e. The number of anilines is 1. The molecule has 0 aliphatic heterocycles. The summed E-state index contributed by atoms with van der Waals surface area (Å²) >= 11 is 14.5. The molecule has 2 aromatic carbocycles. The average Bonchev–Trinajstić information content (AvgIpc) is 2.56. The van der Waals surface area contributed by atoms with Gasteiger partial charge in [0.05, 0.1) is 10.6 Å². The van der Waals surface area contributed by atoms with Crippen molar-refractivity contribution in [3.63, 3.8) is 0 Å². The zero-order valence-electron chi connectivity index (χ0n) is 13.8. The molecule has 2 rings (SSSR count). The Labute approximate surface area is 169 Å². The van der Waals surface area contributed by atoms with Crippen LogP contribution in [0.25, 0.3) is 0 Å². The minimum absolute atomic E-state index is 0.0100. The quantitative estimate of drug-likeness (QED) is 0.560. The predicted molar refractivity (Wildman–Crippen MR) is 110 cm³/mol. The number of thiocarbonyl (C=S) groups is 1. The number of halogens is 2. The van der Waals surface area contributed by atoms with Crippen LogP contribution in [-0.2, 0) is 6.42 Å². The Balaban J connectivity index is 2.03. The highest BCUT2D eigenvalue weighted by Gasteiger charge is 2.12. The smallest absolute Gasteiger partial charge is 0.337 e. The second-order valence-electron chi connectivity index (χ2n) is 5.46. The average molecular weight is 456 g/mol. The van der Waals surface area contributed by atoms with Gasteiger partial charge in [0.15, 0.2) is 5.11 Å². The first kappa shape index (κ1) is 20.4. The summed E-state index contributed by atoms with van der Waals surface area (Å²) in [4.78, 5) is 23.3. The van der Waals surface area contributed by atoms with E-state index in [0.717, 1.165) is 22.9 Å². The highest BCUT2D eigenvalue weighted by Crippen LogP contribution is 2.22. The summed E-state index contributed by atoms with van der Waals surface area (Å²) in [5, 5.41) is 14.5. The number of benzene rings is 2. The molecule has 0 bridgehead atoms. The number of carboxylic acids is 1. The fourth-order valence-electron chi connectivity index (χ4n) is 2.26. The Kier molecular flexibility index (Phi) is 7.14. The van der Waals surface area contributed by atoms with Crippen molar-refractivity contribution in [2.24, 2.45) is 0 Å². The van der Waals surface area contributed by atoms with Crippen molar-refractivity contribution in [2.75, 3.05) is 5.32 Å². The van der Waals surface area contributed by atoms with Gasteiger partial charge in [0.25, 0.3) is 5.91 Å². The van der Waals surface area contributed by atoms with Crippen LogP contribution < -0.4 is 10.6 Å². The molecule has 0 aromatic heterocycles. The molecule has 0 radical (unpaired) electrons. The lowest BCUT2D eigenvalue weighted by atomic mass is 10.1. The van der Waals surface area contributed by atoms with Crippen LogP contribution in [0, 0.1) is 0 Å². The molecule has 5 nitrogen and oxygen atoms in total. The lowest BCUT2D eigenvalue weighted by Crippen LogP contribution is -2.34. The van der Waals surface area contributed by atoms with E-state index in [1.54, 1.807) is 12.1 Å². The summed E-state index contributed by atoms with van der Waals surface area (Å²) < 4.78 is 0.877. The molecule has 0 fully saturated rings. The molecule has 0 heterocycles. The molecule has 0 aliphatic carbocycles. The number of carboxylic acid groups (broad SMARTS) is 1. The van der Waals surface area contributed by atoms with Gasteiger partial charge in [0, 0.05) is 15.7 Å². The van der Waals surface area contributed by atoms with Crippen LogP contribution in [0.5, 0.6) is 0 Å². The second-order valence-corrected chi connectivity index (χ2v) is 7.13. The molecular weight excluding hydrogens is 440 g/mol. The molecule has 26 heavy (non-hydrogen) atoms. The molecule has 3 N–H and O–H groups in total. The van der Waals surface area contributed by atoms with Crippen LogP contribution in [-0.4, -0.2) is 22.1 Å². The largest absolute Gasteiger partial charge is 0.478 e. The van der Waals surface area contributed by atoms with Gasteiger partial charge in [-0.25, -0.2) is 4.79 Å². The third-order valence-corrected chi connectivity index (χ3v) is 4.77. The number of aromatic carboxylic acids is 1. The summed E-state index contributed by atoms with van der Waals surface area (Å²) in [6.07, 6.45) is 1.94. The summed E-state index contributed by atoms with van der Waals surface area (Å²) in [5.74, 6) is -1.46. The van der Waals surface area contributed by atoms with Gasteiger partial charge in [-0.15, -0.1) is 0 Å². The van der Waals surface area contributed by atoms with E-state index in [-0.39, 0.29) is 21.6 Å². The maximum atomic E-state index is 12.3. The van der Waals surface area contributed by atoms with Gasteiger partial charge in [-0.3, -0.25) is 10.1 Å². The van der Waals surface area contributed by atoms with Gasteiger partial charge in [0.2, 0.25) is 0 Å². The van der Waals surface area contributed by atoms with E-state index in [4.69, 9.17) is 28.9 Å². The van der Waals surface area contributed by atoms with E-state index in [9.17, 15) is 9.59 Å². The van der Waals surface area contributed by atoms with Crippen molar-refractivity contribution >= 4 is 62.4 Å². The van der Waals surface area contributed by atoms with E-state index < -0.39 is 5.97 Å². The SMILES string of the molecule is CCCc1ccc(C(=O)NC(=S)Nc2ccc(C(=O)O)c(Cl)c2)cc1Br. The highest BCUT2D eigenvalue weighted by atomic mass is 79.9. The topological polar surface area (TPSA) is 78.4 Å². The number of aryl methyl sites for hydroxylation is 1. The fourth-order valence-corrected chi connectivity index (χ4v) is 3.31. The third-order valence-electron chi connectivity index (χ3n) is 3.52. The first-order valence-electron chi connectivity index (χ1n) is 7.75. The zero-order valence-corrected chi connectivity index (χ0v) is 17.0. The number of rotatable bonds is 5. The maximum Gasteiger partial charge on any atom is 0.337 e. The number of nitrogens with one attached hydrogen (secondary N) is 2. The number of amides is 1. The molecular formula is C18H16BrClN2O3S. The Hall–Kier alpha value is -1.96. The number of carbonyl (C=O) groups excluding carboxylic acids is 1. The predicted octanol–water partition coefficient (Wildman–Crippen LogP) is 4.88. The van der Waals surface area contributed by atoms with E-state index in [1.165, 1.54) is 18.2 Å². The lowest BCUT2D eigenvalue weighted by Gasteiger charge is -2.11. The molecule has 2 aromatic rings. The molecule has 8 heteroatoms. The Bertz CT molecular complexity index is 874. The van der Waals surface area contributed by atoms with Crippen LogP contribution in [0.1, 0.15) is 39.6 Å². The maximum absolute atomic E-state index is 12.3. The monoisotopic (exact) mass is 454 g/mol. The van der Waals surface area contributed by atoms with Crippen LogP contribution in [0.2, 0.25) is 5.02 Å². The van der Waals surface area contributed by atoms with Gasteiger partial charge in [0.1, 0.15) is 0 Å². The van der Waals surface area contributed by atoms with E-state index in [1.807, 2.05) is 6.07 Å². The van der Waals surface area contributed by atoms with E-state index in [2.05, 4.69) is 33.5 Å². The van der Waals surface area contributed by atoms with Gasteiger partial charge < -0.3 is 10.4 Å². The summed E-state index contributed by atoms with van der Waals surface area (Å²) in [6.45, 7) is 2.09. The van der Waals surface area contributed by atoms with Crippen molar-refractivity contribution in [1.82, 2.24) is 5.32 Å². The van der Waals surface area contributed by atoms with Crippen molar-refractivity contribution < 1.29 is 14.7 Å². The molecule has 0 atom stereocenters. The summed E-state index contributed by atoms with van der Waals surface area (Å²) in [7, 11) is 0. The van der Waals surface area contributed by atoms with Crippen molar-refractivity contribution in [1.29, 1.82) is 0 Å². The third kappa shape index (κ3) is 5.27. The number of carbonyl (C=O) groups is 2. The molecule has 0 saturated heterocycles. The van der Waals surface area contributed by atoms with Gasteiger partial charge in [-0.05, 0) is 54.5 Å². The van der Waals surface area contributed by atoms with Crippen LogP contribution in [0.3, 0.4) is 0 Å². The van der Waals surface area contributed by atoms with Crippen molar-refractivity contribution in [3.8, 4) is 0 Å². The van der Waals surface area contributed by atoms with Gasteiger partial charge in [-0.1, -0.05) is 46.9 Å².